The third-order valence-electron chi connectivity index (χ3n) is 3.16. The van der Waals surface area contributed by atoms with Crippen molar-refractivity contribution in [3.05, 3.63) is 53.7 Å². The van der Waals surface area contributed by atoms with Crippen LogP contribution in [0.15, 0.2) is 42.6 Å². The van der Waals surface area contributed by atoms with Crippen molar-refractivity contribution in [1.29, 1.82) is 0 Å². The number of pyridine rings is 1. The molecule has 0 aliphatic carbocycles. The molecule has 0 fully saturated rings. The third-order valence-corrected chi connectivity index (χ3v) is 3.16. The fourth-order valence-electron chi connectivity index (χ4n) is 1.85. The van der Waals surface area contributed by atoms with E-state index in [4.69, 9.17) is 4.74 Å². The lowest BCUT2D eigenvalue weighted by Gasteiger charge is -2.19. The molecule has 0 bridgehead atoms. The van der Waals surface area contributed by atoms with Gasteiger partial charge in [0.05, 0.1) is 6.10 Å². The Morgan fingerprint density at radius 2 is 1.90 bits per heavy atom. The van der Waals surface area contributed by atoms with E-state index in [2.05, 4.69) is 31.8 Å². The van der Waals surface area contributed by atoms with Gasteiger partial charge in [0, 0.05) is 12.3 Å². The van der Waals surface area contributed by atoms with Crippen molar-refractivity contribution >= 4 is 0 Å². The van der Waals surface area contributed by atoms with Gasteiger partial charge >= 0.3 is 0 Å². The number of nitrogens with zero attached hydrogens (tertiary/aromatic N) is 1. The van der Waals surface area contributed by atoms with Crippen LogP contribution < -0.4 is 4.74 Å². The van der Waals surface area contributed by atoms with Crippen molar-refractivity contribution in [2.24, 2.45) is 0 Å². The van der Waals surface area contributed by atoms with Gasteiger partial charge in [-0.1, -0.05) is 32.9 Å². The molecule has 0 amide bonds. The highest BCUT2D eigenvalue weighted by atomic mass is 16.5. The van der Waals surface area contributed by atoms with Gasteiger partial charge in [-0.05, 0) is 41.7 Å². The lowest BCUT2D eigenvalue weighted by atomic mass is 9.87. The van der Waals surface area contributed by atoms with Crippen LogP contribution in [0.4, 0.5) is 0 Å². The van der Waals surface area contributed by atoms with Crippen LogP contribution in [0.5, 0.6) is 11.6 Å². The standard InChI is InChI=1S/C17H21NO2/c1-12(19)13-8-9-16(18-11-13)20-15-7-5-6-14(10-15)17(2,3)4/h5-12,19H,1-4H3/t12-/m1/s1. The van der Waals surface area contributed by atoms with Crippen molar-refractivity contribution in [2.45, 2.75) is 39.2 Å². The largest absolute Gasteiger partial charge is 0.439 e. The molecule has 0 aliphatic heterocycles. The lowest BCUT2D eigenvalue weighted by molar-refractivity contribution is 0.198. The Balaban J connectivity index is 2.18. The summed E-state index contributed by atoms with van der Waals surface area (Å²) < 4.78 is 5.76. The molecule has 20 heavy (non-hydrogen) atoms. The molecule has 3 heteroatoms. The minimum absolute atomic E-state index is 0.0863. The van der Waals surface area contributed by atoms with Crippen LogP contribution >= 0.6 is 0 Å². The van der Waals surface area contributed by atoms with Crippen LogP contribution in [0, 0.1) is 0 Å². The Hall–Kier alpha value is -1.87. The number of ether oxygens (including phenoxy) is 1. The van der Waals surface area contributed by atoms with E-state index in [1.54, 1.807) is 19.2 Å². The molecular formula is C17H21NO2. The molecule has 0 saturated heterocycles. The van der Waals surface area contributed by atoms with Gasteiger partial charge < -0.3 is 9.84 Å². The van der Waals surface area contributed by atoms with Crippen molar-refractivity contribution in [1.82, 2.24) is 4.98 Å². The normalized spacial score (nSPS) is 13.1. The topological polar surface area (TPSA) is 42.4 Å². The van der Waals surface area contributed by atoms with Gasteiger partial charge in [0.1, 0.15) is 5.75 Å². The summed E-state index contributed by atoms with van der Waals surface area (Å²) in [4.78, 5) is 4.20. The second-order valence-electron chi connectivity index (χ2n) is 5.99. The number of hydrogen-bond acceptors (Lipinski definition) is 3. The summed E-state index contributed by atoms with van der Waals surface area (Å²) in [7, 11) is 0. The van der Waals surface area contributed by atoms with Gasteiger partial charge in [0.2, 0.25) is 5.88 Å². The van der Waals surface area contributed by atoms with Crippen LogP contribution in [-0.2, 0) is 5.41 Å². The number of aromatic nitrogens is 1. The molecular weight excluding hydrogens is 250 g/mol. The highest BCUT2D eigenvalue weighted by Gasteiger charge is 2.14. The zero-order chi connectivity index (χ0) is 14.8. The van der Waals surface area contributed by atoms with Crippen molar-refractivity contribution < 1.29 is 9.84 Å². The number of aliphatic hydroxyl groups is 1. The average molecular weight is 271 g/mol. The van der Waals surface area contributed by atoms with Crippen LogP contribution in [0.2, 0.25) is 0 Å². The minimum Gasteiger partial charge on any atom is -0.439 e. The van der Waals surface area contributed by atoms with Gasteiger partial charge in [-0.3, -0.25) is 0 Å². The first-order valence-electron chi connectivity index (χ1n) is 6.79. The summed E-state index contributed by atoms with van der Waals surface area (Å²) in [6.45, 7) is 8.22. The summed E-state index contributed by atoms with van der Waals surface area (Å²) in [5.41, 5.74) is 2.08. The second kappa shape index (κ2) is 5.63. The van der Waals surface area contributed by atoms with Gasteiger partial charge in [-0.2, -0.15) is 0 Å². The van der Waals surface area contributed by atoms with E-state index in [9.17, 15) is 5.11 Å². The molecule has 0 aliphatic rings. The molecule has 0 radical (unpaired) electrons. The molecule has 1 heterocycles. The van der Waals surface area contributed by atoms with Crippen molar-refractivity contribution in [3.63, 3.8) is 0 Å². The van der Waals surface area contributed by atoms with E-state index in [0.717, 1.165) is 11.3 Å². The van der Waals surface area contributed by atoms with Crippen LogP contribution in [-0.4, -0.2) is 10.1 Å². The van der Waals surface area contributed by atoms with Crippen molar-refractivity contribution in [2.75, 3.05) is 0 Å². The molecule has 2 aromatic rings. The minimum atomic E-state index is -0.513. The molecule has 1 aromatic carbocycles. The van der Waals surface area contributed by atoms with E-state index in [0.29, 0.717) is 5.88 Å². The van der Waals surface area contributed by atoms with Crippen LogP contribution in [0.3, 0.4) is 0 Å². The Kier molecular flexibility index (Phi) is 4.09. The van der Waals surface area contributed by atoms with Gasteiger partial charge in [-0.25, -0.2) is 4.98 Å². The first-order chi connectivity index (χ1) is 9.36. The molecule has 106 valence electrons. The predicted molar refractivity (Wildman–Crippen MR) is 80.1 cm³/mol. The fourth-order valence-corrected chi connectivity index (χ4v) is 1.85. The number of rotatable bonds is 3. The maximum Gasteiger partial charge on any atom is 0.219 e. The van der Waals surface area contributed by atoms with E-state index < -0.39 is 6.10 Å². The molecule has 2 rings (SSSR count). The van der Waals surface area contributed by atoms with Gasteiger partial charge in [0.25, 0.3) is 0 Å². The highest BCUT2D eigenvalue weighted by molar-refractivity contribution is 5.35. The SMILES string of the molecule is C[C@@H](O)c1ccc(Oc2cccc(C(C)(C)C)c2)nc1. The first-order valence-corrected chi connectivity index (χ1v) is 6.79. The summed E-state index contributed by atoms with van der Waals surface area (Å²) in [5.74, 6) is 1.30. The molecule has 0 unspecified atom stereocenters. The van der Waals surface area contributed by atoms with E-state index in [1.807, 2.05) is 24.3 Å². The quantitative estimate of drug-likeness (QED) is 0.908. The zero-order valence-electron chi connectivity index (χ0n) is 12.4. The predicted octanol–water partition coefficient (Wildman–Crippen LogP) is 4.22. The Morgan fingerprint density at radius 3 is 2.45 bits per heavy atom. The maximum absolute atomic E-state index is 9.45. The highest BCUT2D eigenvalue weighted by Crippen LogP contribution is 2.28. The second-order valence-corrected chi connectivity index (χ2v) is 5.99. The van der Waals surface area contributed by atoms with Crippen LogP contribution in [0.1, 0.15) is 44.9 Å². The summed E-state index contributed by atoms with van der Waals surface area (Å²) >= 11 is 0. The monoisotopic (exact) mass is 271 g/mol. The Bertz CT molecular complexity index is 568. The number of hydrogen-bond donors (Lipinski definition) is 1. The van der Waals surface area contributed by atoms with E-state index >= 15 is 0 Å². The zero-order valence-corrected chi connectivity index (χ0v) is 12.4. The smallest absolute Gasteiger partial charge is 0.219 e. The lowest BCUT2D eigenvalue weighted by Crippen LogP contribution is -2.10. The van der Waals surface area contributed by atoms with E-state index in [1.165, 1.54) is 5.56 Å². The molecule has 3 nitrogen and oxygen atoms in total. The summed E-state index contributed by atoms with van der Waals surface area (Å²) in [5, 5.41) is 9.45. The maximum atomic E-state index is 9.45. The average Bonchev–Trinajstić information content (AvgIpc) is 2.38. The molecule has 1 atom stereocenters. The Labute approximate surface area is 120 Å². The number of benzene rings is 1. The van der Waals surface area contributed by atoms with Crippen LogP contribution in [0.25, 0.3) is 0 Å². The van der Waals surface area contributed by atoms with Gasteiger partial charge in [-0.15, -0.1) is 0 Å². The summed E-state index contributed by atoms with van der Waals surface area (Å²) in [6.07, 6.45) is 1.12. The van der Waals surface area contributed by atoms with E-state index in [-0.39, 0.29) is 5.41 Å². The van der Waals surface area contributed by atoms with Crippen molar-refractivity contribution in [3.8, 4) is 11.6 Å². The number of aliphatic hydroxyl groups excluding tert-OH is 1. The Morgan fingerprint density at radius 1 is 1.15 bits per heavy atom. The first kappa shape index (κ1) is 14.5. The fraction of sp³-hybridized carbons (Fsp3) is 0.353. The molecule has 1 aromatic heterocycles. The summed E-state index contributed by atoms with van der Waals surface area (Å²) in [6, 6.07) is 11.6. The molecule has 1 N–H and O–H groups in total. The molecule has 0 saturated carbocycles. The third kappa shape index (κ3) is 3.58. The van der Waals surface area contributed by atoms with Gasteiger partial charge in [0.15, 0.2) is 0 Å². The molecule has 0 spiro atoms.